The number of halogens is 1. The van der Waals surface area contributed by atoms with Crippen molar-refractivity contribution in [1.29, 1.82) is 0 Å². The quantitative estimate of drug-likeness (QED) is 0.781. The van der Waals surface area contributed by atoms with E-state index in [-0.39, 0.29) is 23.9 Å². The number of amides is 1. The molecule has 6 heteroatoms. The molecule has 1 unspecified atom stereocenters. The predicted molar refractivity (Wildman–Crippen MR) is 79.4 cm³/mol. The van der Waals surface area contributed by atoms with E-state index in [1.165, 1.54) is 12.8 Å². The van der Waals surface area contributed by atoms with Crippen molar-refractivity contribution in [2.75, 3.05) is 24.7 Å². The summed E-state index contributed by atoms with van der Waals surface area (Å²) < 4.78 is 5.60. The standard InChI is InChI=1S/C12H24N2O2S.ClH/c1-12(2,13)9-14-11(15)8-17-7-10-5-3-4-6-16-10;/h10H,3-9,13H2,1-2H3,(H,14,15);1H. The van der Waals surface area contributed by atoms with E-state index in [2.05, 4.69) is 5.32 Å². The number of hydrogen-bond acceptors (Lipinski definition) is 4. The van der Waals surface area contributed by atoms with Gasteiger partial charge in [-0.25, -0.2) is 0 Å². The largest absolute Gasteiger partial charge is 0.377 e. The Morgan fingerprint density at radius 1 is 1.50 bits per heavy atom. The van der Waals surface area contributed by atoms with Crippen molar-refractivity contribution >= 4 is 30.1 Å². The molecule has 1 atom stereocenters. The fourth-order valence-corrected chi connectivity index (χ4v) is 2.53. The van der Waals surface area contributed by atoms with E-state index in [1.807, 2.05) is 13.8 Å². The van der Waals surface area contributed by atoms with E-state index in [9.17, 15) is 4.79 Å². The third-order valence-electron chi connectivity index (χ3n) is 2.55. The number of nitrogens with one attached hydrogen (secondary N) is 1. The first-order chi connectivity index (χ1) is 7.97. The Labute approximate surface area is 120 Å². The molecule has 0 radical (unpaired) electrons. The molecule has 0 aliphatic carbocycles. The fraction of sp³-hybridized carbons (Fsp3) is 0.917. The van der Waals surface area contributed by atoms with Crippen LogP contribution in [-0.2, 0) is 9.53 Å². The average Bonchev–Trinajstić information content (AvgIpc) is 2.27. The zero-order chi connectivity index (χ0) is 12.7. The Hall–Kier alpha value is 0.0300. The molecule has 0 spiro atoms. The van der Waals surface area contributed by atoms with Gasteiger partial charge in [-0.15, -0.1) is 24.2 Å². The summed E-state index contributed by atoms with van der Waals surface area (Å²) in [6.07, 6.45) is 3.89. The maximum atomic E-state index is 11.5. The molecule has 0 aromatic heterocycles. The summed E-state index contributed by atoms with van der Waals surface area (Å²) >= 11 is 1.64. The van der Waals surface area contributed by atoms with Gasteiger partial charge in [0.15, 0.2) is 0 Å². The smallest absolute Gasteiger partial charge is 0.230 e. The van der Waals surface area contributed by atoms with Gasteiger partial charge in [0, 0.05) is 24.4 Å². The van der Waals surface area contributed by atoms with Crippen molar-refractivity contribution in [3.05, 3.63) is 0 Å². The summed E-state index contributed by atoms with van der Waals surface area (Å²) in [7, 11) is 0. The minimum atomic E-state index is -0.340. The van der Waals surface area contributed by atoms with Crippen LogP contribution in [0.5, 0.6) is 0 Å². The zero-order valence-electron chi connectivity index (χ0n) is 11.2. The topological polar surface area (TPSA) is 64.3 Å². The van der Waals surface area contributed by atoms with Gasteiger partial charge < -0.3 is 15.8 Å². The van der Waals surface area contributed by atoms with Crippen LogP contribution in [0.15, 0.2) is 0 Å². The molecule has 4 nitrogen and oxygen atoms in total. The van der Waals surface area contributed by atoms with E-state index in [0.717, 1.165) is 18.8 Å². The summed E-state index contributed by atoms with van der Waals surface area (Å²) in [5, 5.41) is 2.83. The molecule has 1 aliphatic rings. The molecule has 0 bridgehead atoms. The lowest BCUT2D eigenvalue weighted by Crippen LogP contribution is -2.45. The molecule has 1 saturated heterocycles. The van der Waals surface area contributed by atoms with Gasteiger partial charge in [-0.3, -0.25) is 4.79 Å². The van der Waals surface area contributed by atoms with Crippen molar-refractivity contribution in [2.24, 2.45) is 5.73 Å². The summed E-state index contributed by atoms with van der Waals surface area (Å²) in [5.74, 6) is 1.47. The summed E-state index contributed by atoms with van der Waals surface area (Å²) in [6.45, 7) is 5.19. The summed E-state index contributed by atoms with van der Waals surface area (Å²) in [5.41, 5.74) is 5.45. The lowest BCUT2D eigenvalue weighted by molar-refractivity contribution is -0.118. The van der Waals surface area contributed by atoms with Gasteiger partial charge in [-0.1, -0.05) is 0 Å². The fourth-order valence-electron chi connectivity index (χ4n) is 1.60. The second-order valence-electron chi connectivity index (χ2n) is 5.27. The summed E-state index contributed by atoms with van der Waals surface area (Å²) in [6, 6.07) is 0. The highest BCUT2D eigenvalue weighted by atomic mass is 35.5. The van der Waals surface area contributed by atoms with Crippen LogP contribution in [0, 0.1) is 0 Å². The minimum absolute atomic E-state index is 0. The highest BCUT2D eigenvalue weighted by molar-refractivity contribution is 7.99. The van der Waals surface area contributed by atoms with Gasteiger partial charge in [0.05, 0.1) is 11.9 Å². The number of nitrogens with two attached hydrogens (primary N) is 1. The molecule has 1 amide bonds. The maximum absolute atomic E-state index is 11.5. The Morgan fingerprint density at radius 3 is 2.78 bits per heavy atom. The van der Waals surface area contributed by atoms with E-state index in [0.29, 0.717) is 18.4 Å². The van der Waals surface area contributed by atoms with Crippen molar-refractivity contribution in [3.63, 3.8) is 0 Å². The van der Waals surface area contributed by atoms with Crippen LogP contribution in [0.2, 0.25) is 0 Å². The van der Waals surface area contributed by atoms with Gasteiger partial charge in [0.1, 0.15) is 0 Å². The predicted octanol–water partition coefficient (Wildman–Crippen LogP) is 1.56. The monoisotopic (exact) mass is 296 g/mol. The first kappa shape index (κ1) is 18.0. The normalized spacial score (nSPS) is 20.1. The Kier molecular flexibility index (Phi) is 9.03. The second-order valence-corrected chi connectivity index (χ2v) is 6.30. The Balaban J connectivity index is 0.00000289. The number of hydrogen-bond donors (Lipinski definition) is 2. The van der Waals surface area contributed by atoms with Crippen LogP contribution < -0.4 is 11.1 Å². The SMILES string of the molecule is CC(C)(N)CNC(=O)CSCC1CCCCO1.Cl. The Morgan fingerprint density at radius 2 is 2.22 bits per heavy atom. The minimum Gasteiger partial charge on any atom is -0.377 e. The third-order valence-corrected chi connectivity index (χ3v) is 3.63. The van der Waals surface area contributed by atoms with Crippen molar-refractivity contribution in [3.8, 4) is 0 Å². The first-order valence-corrected chi connectivity index (χ1v) is 7.38. The van der Waals surface area contributed by atoms with Crippen LogP contribution >= 0.6 is 24.2 Å². The van der Waals surface area contributed by atoms with Gasteiger partial charge in [-0.05, 0) is 33.1 Å². The van der Waals surface area contributed by atoms with Crippen molar-refractivity contribution in [1.82, 2.24) is 5.32 Å². The molecular formula is C12H25ClN2O2S. The molecule has 108 valence electrons. The number of ether oxygens (including phenoxy) is 1. The lowest BCUT2D eigenvalue weighted by atomic mass is 10.1. The highest BCUT2D eigenvalue weighted by Crippen LogP contribution is 2.16. The summed E-state index contributed by atoms with van der Waals surface area (Å²) in [4.78, 5) is 11.5. The van der Waals surface area contributed by atoms with E-state index >= 15 is 0 Å². The van der Waals surface area contributed by atoms with Crippen molar-refractivity contribution in [2.45, 2.75) is 44.8 Å². The maximum Gasteiger partial charge on any atom is 0.230 e. The zero-order valence-corrected chi connectivity index (χ0v) is 12.9. The molecule has 0 aromatic rings. The second kappa shape index (κ2) is 9.02. The average molecular weight is 297 g/mol. The lowest BCUT2D eigenvalue weighted by Gasteiger charge is -2.22. The number of rotatable bonds is 6. The van der Waals surface area contributed by atoms with Crippen LogP contribution in [0.4, 0.5) is 0 Å². The molecule has 1 aliphatic heterocycles. The van der Waals surface area contributed by atoms with Crippen molar-refractivity contribution < 1.29 is 9.53 Å². The number of carbonyl (C=O) groups is 1. The molecule has 1 heterocycles. The van der Waals surface area contributed by atoms with Gasteiger partial charge in [0.2, 0.25) is 5.91 Å². The molecule has 1 rings (SSSR count). The molecule has 3 N–H and O–H groups in total. The van der Waals surface area contributed by atoms with Crippen LogP contribution in [0.25, 0.3) is 0 Å². The molecule has 0 aromatic carbocycles. The molecule has 1 fully saturated rings. The van der Waals surface area contributed by atoms with E-state index in [4.69, 9.17) is 10.5 Å². The van der Waals surface area contributed by atoms with Crippen LogP contribution in [0.3, 0.4) is 0 Å². The van der Waals surface area contributed by atoms with Crippen LogP contribution in [0.1, 0.15) is 33.1 Å². The van der Waals surface area contributed by atoms with Gasteiger partial charge in [-0.2, -0.15) is 0 Å². The van der Waals surface area contributed by atoms with Gasteiger partial charge >= 0.3 is 0 Å². The van der Waals surface area contributed by atoms with Crippen LogP contribution in [-0.4, -0.2) is 42.2 Å². The molecular weight excluding hydrogens is 272 g/mol. The number of thioether (sulfide) groups is 1. The third kappa shape index (κ3) is 9.03. The molecule has 18 heavy (non-hydrogen) atoms. The highest BCUT2D eigenvalue weighted by Gasteiger charge is 2.15. The van der Waals surface area contributed by atoms with E-state index < -0.39 is 0 Å². The Bertz CT molecular complexity index is 241. The molecule has 0 saturated carbocycles. The van der Waals surface area contributed by atoms with E-state index in [1.54, 1.807) is 11.8 Å². The number of carbonyl (C=O) groups excluding carboxylic acids is 1. The first-order valence-electron chi connectivity index (χ1n) is 6.22. The van der Waals surface area contributed by atoms with Gasteiger partial charge in [0.25, 0.3) is 0 Å².